The average Bonchev–Trinajstić information content (AvgIpc) is 2.60. The molecule has 0 aliphatic carbocycles. The summed E-state index contributed by atoms with van der Waals surface area (Å²) in [6.45, 7) is 12.3. The molecule has 1 saturated heterocycles. The molecule has 2 rings (SSSR count). The first-order valence-corrected chi connectivity index (χ1v) is 11.4. The summed E-state index contributed by atoms with van der Waals surface area (Å²) in [4.78, 5) is 24.1. The van der Waals surface area contributed by atoms with Crippen molar-refractivity contribution in [3.05, 3.63) is 23.8 Å². The van der Waals surface area contributed by atoms with Crippen LogP contribution in [0.4, 0.5) is 0 Å². The molecule has 0 atom stereocenters. The average molecular weight is 429 g/mol. The van der Waals surface area contributed by atoms with Crippen LogP contribution in [0.5, 0.6) is 5.75 Å². The predicted octanol–water partition coefficient (Wildman–Crippen LogP) is 1.88. The van der Waals surface area contributed by atoms with Gasteiger partial charge in [-0.15, -0.1) is 0 Å². The maximum atomic E-state index is 12.7. The summed E-state index contributed by atoms with van der Waals surface area (Å²) in [5.74, 6) is 0.230. The van der Waals surface area contributed by atoms with Crippen LogP contribution < -0.4 is 10.1 Å². The molecule has 29 heavy (non-hydrogen) atoms. The first-order valence-electron chi connectivity index (χ1n) is 9.47. The first-order chi connectivity index (χ1) is 13.3. The Kier molecular flexibility index (Phi) is 9.10. The molecule has 0 bridgehead atoms. The highest BCUT2D eigenvalue weighted by Crippen LogP contribution is 2.25. The summed E-state index contributed by atoms with van der Waals surface area (Å²) >= 11 is 0. The van der Waals surface area contributed by atoms with E-state index in [4.69, 9.17) is 4.74 Å². The summed E-state index contributed by atoms with van der Waals surface area (Å²) in [5, 5.41) is 3.18. The van der Waals surface area contributed by atoms with Gasteiger partial charge in [0.25, 0.3) is 12.4 Å². The zero-order valence-corrected chi connectivity index (χ0v) is 18.8. The summed E-state index contributed by atoms with van der Waals surface area (Å²) in [5.41, 5.74) is -0.0135. The molecule has 1 fully saturated rings. The fourth-order valence-electron chi connectivity index (χ4n) is 2.45. The quantitative estimate of drug-likeness (QED) is 0.715. The van der Waals surface area contributed by atoms with Gasteiger partial charge in [0.2, 0.25) is 0 Å². The lowest BCUT2D eigenvalue weighted by Gasteiger charge is -2.28. The van der Waals surface area contributed by atoms with Crippen LogP contribution >= 0.6 is 0 Å². The zero-order chi connectivity index (χ0) is 22.2. The highest BCUT2D eigenvalue weighted by Gasteiger charge is 2.23. The molecule has 1 amide bonds. The van der Waals surface area contributed by atoms with Crippen molar-refractivity contribution >= 4 is 22.2 Å². The Morgan fingerprint density at radius 1 is 1.21 bits per heavy atom. The minimum absolute atomic E-state index is 0.0985. The summed E-state index contributed by atoms with van der Waals surface area (Å²) in [6.07, 6.45) is 1.03. The number of rotatable bonds is 5. The van der Waals surface area contributed by atoms with Gasteiger partial charge in [-0.3, -0.25) is 9.59 Å². The Labute approximate surface area is 173 Å². The Balaban J connectivity index is 0.000000516. The molecule has 0 radical (unpaired) electrons. The minimum Gasteiger partial charge on any atom is -0.490 e. The van der Waals surface area contributed by atoms with Crippen molar-refractivity contribution < 1.29 is 27.5 Å². The van der Waals surface area contributed by atoms with Crippen molar-refractivity contribution in [2.75, 3.05) is 32.4 Å². The number of nitrogens with one attached hydrogen (secondary N) is 1. The number of sulfone groups is 1. The standard InChI is InChI=1S/C15H22N2O4S.C5H10O2/c1-11(2)21-14-5-4-12(22(3,19)20)10-13(14)15(18)17-8-6-16-7-9-17;1-5(2,3)7-4-6/h4-5,10-11,16H,6-9H2,1-3H3;4H,1-3H3. The van der Waals surface area contributed by atoms with E-state index in [1.807, 2.05) is 34.6 Å². The molecule has 1 N–H and O–H groups in total. The molecule has 8 nitrogen and oxygen atoms in total. The second-order valence-corrected chi connectivity index (χ2v) is 9.98. The van der Waals surface area contributed by atoms with E-state index < -0.39 is 9.84 Å². The number of nitrogens with zero attached hydrogens (tertiary/aromatic N) is 1. The van der Waals surface area contributed by atoms with Gasteiger partial charge in [-0.1, -0.05) is 0 Å². The van der Waals surface area contributed by atoms with Gasteiger partial charge in [0.1, 0.15) is 11.4 Å². The van der Waals surface area contributed by atoms with E-state index in [0.29, 0.717) is 30.9 Å². The van der Waals surface area contributed by atoms with Gasteiger partial charge in [-0.05, 0) is 52.8 Å². The third-order valence-corrected chi connectivity index (χ3v) is 4.89. The third kappa shape index (κ3) is 8.82. The summed E-state index contributed by atoms with van der Waals surface area (Å²) < 4.78 is 33.7. The minimum atomic E-state index is -3.37. The molecular weight excluding hydrogens is 396 g/mol. The number of carbonyl (C=O) groups excluding carboxylic acids is 2. The van der Waals surface area contributed by atoms with Gasteiger partial charge in [0.15, 0.2) is 9.84 Å². The van der Waals surface area contributed by atoms with Gasteiger partial charge in [0, 0.05) is 32.4 Å². The van der Waals surface area contributed by atoms with Gasteiger partial charge in [0.05, 0.1) is 16.6 Å². The van der Waals surface area contributed by atoms with Crippen LogP contribution in [0.3, 0.4) is 0 Å². The Bertz CT molecular complexity index is 794. The van der Waals surface area contributed by atoms with Crippen LogP contribution in [-0.2, 0) is 19.4 Å². The molecule has 1 aliphatic rings. The van der Waals surface area contributed by atoms with Crippen molar-refractivity contribution in [1.29, 1.82) is 0 Å². The van der Waals surface area contributed by atoms with Crippen molar-refractivity contribution in [3.8, 4) is 5.75 Å². The Morgan fingerprint density at radius 3 is 2.21 bits per heavy atom. The van der Waals surface area contributed by atoms with Crippen LogP contribution in [0.15, 0.2) is 23.1 Å². The Morgan fingerprint density at radius 2 is 1.79 bits per heavy atom. The SMILES string of the molecule is CC(C)(C)OC=O.CC(C)Oc1ccc(S(C)(=O)=O)cc1C(=O)N1CCNCC1. The van der Waals surface area contributed by atoms with E-state index >= 15 is 0 Å². The van der Waals surface area contributed by atoms with Gasteiger partial charge in [-0.25, -0.2) is 8.42 Å². The molecular formula is C20H32N2O6S. The molecule has 164 valence electrons. The number of amides is 1. The summed E-state index contributed by atoms with van der Waals surface area (Å²) in [7, 11) is -3.37. The van der Waals surface area contributed by atoms with Crippen LogP contribution in [-0.4, -0.2) is 69.8 Å². The van der Waals surface area contributed by atoms with Gasteiger partial charge >= 0.3 is 0 Å². The van der Waals surface area contributed by atoms with Gasteiger partial charge < -0.3 is 19.7 Å². The molecule has 0 unspecified atom stereocenters. The number of piperazine rings is 1. The smallest absolute Gasteiger partial charge is 0.293 e. The van der Waals surface area contributed by atoms with E-state index in [9.17, 15) is 18.0 Å². The molecule has 1 aromatic carbocycles. The zero-order valence-electron chi connectivity index (χ0n) is 18.0. The van der Waals surface area contributed by atoms with E-state index in [-0.39, 0.29) is 22.5 Å². The maximum absolute atomic E-state index is 12.7. The fourth-order valence-corrected chi connectivity index (χ4v) is 3.09. The molecule has 1 aliphatic heterocycles. The third-order valence-electron chi connectivity index (χ3n) is 3.78. The normalized spacial score (nSPS) is 14.7. The molecule has 1 aromatic rings. The van der Waals surface area contributed by atoms with Crippen LogP contribution in [0.25, 0.3) is 0 Å². The topological polar surface area (TPSA) is 102 Å². The van der Waals surface area contributed by atoms with Crippen molar-refractivity contribution in [3.63, 3.8) is 0 Å². The number of hydrogen-bond donors (Lipinski definition) is 1. The van der Waals surface area contributed by atoms with Crippen molar-refractivity contribution in [2.24, 2.45) is 0 Å². The lowest BCUT2D eigenvalue weighted by atomic mass is 10.1. The molecule has 1 heterocycles. The molecule has 9 heteroatoms. The van der Waals surface area contributed by atoms with E-state index in [1.165, 1.54) is 12.1 Å². The number of benzene rings is 1. The second kappa shape index (κ2) is 10.6. The predicted molar refractivity (Wildman–Crippen MR) is 111 cm³/mol. The monoisotopic (exact) mass is 428 g/mol. The van der Waals surface area contributed by atoms with Crippen LogP contribution in [0.2, 0.25) is 0 Å². The maximum Gasteiger partial charge on any atom is 0.293 e. The number of ether oxygens (including phenoxy) is 2. The first kappa shape index (κ1) is 24.9. The Hall–Kier alpha value is -2.13. The highest BCUT2D eigenvalue weighted by molar-refractivity contribution is 7.90. The number of hydrogen-bond acceptors (Lipinski definition) is 7. The lowest BCUT2D eigenvalue weighted by Crippen LogP contribution is -2.46. The largest absolute Gasteiger partial charge is 0.490 e. The summed E-state index contributed by atoms with van der Waals surface area (Å²) in [6, 6.07) is 4.45. The van der Waals surface area contributed by atoms with E-state index in [1.54, 1.807) is 11.0 Å². The molecule has 0 aromatic heterocycles. The fraction of sp³-hybridized carbons (Fsp3) is 0.600. The van der Waals surface area contributed by atoms with Crippen LogP contribution in [0.1, 0.15) is 45.0 Å². The lowest BCUT2D eigenvalue weighted by molar-refractivity contribution is -0.138. The van der Waals surface area contributed by atoms with Gasteiger partial charge in [-0.2, -0.15) is 0 Å². The van der Waals surface area contributed by atoms with Crippen molar-refractivity contribution in [2.45, 2.75) is 51.2 Å². The van der Waals surface area contributed by atoms with Crippen LogP contribution in [0, 0.1) is 0 Å². The number of carbonyl (C=O) groups is 2. The van der Waals surface area contributed by atoms with Crippen molar-refractivity contribution in [1.82, 2.24) is 10.2 Å². The second-order valence-electron chi connectivity index (χ2n) is 7.97. The molecule has 0 spiro atoms. The van der Waals surface area contributed by atoms with E-state index in [2.05, 4.69) is 10.1 Å². The van der Waals surface area contributed by atoms with E-state index in [0.717, 1.165) is 19.3 Å². The molecule has 0 saturated carbocycles. The highest BCUT2D eigenvalue weighted by atomic mass is 32.2.